The molecule has 0 aromatic heterocycles. The van der Waals surface area contributed by atoms with Crippen molar-refractivity contribution in [2.75, 3.05) is 26.2 Å². The van der Waals surface area contributed by atoms with Gasteiger partial charge in [0.1, 0.15) is 17.1 Å². The monoisotopic (exact) mass is 427 g/mol. The maximum Gasteiger partial charge on any atom is 0.258 e. The molecule has 1 aromatic rings. The second kappa shape index (κ2) is 9.18. The van der Waals surface area contributed by atoms with E-state index in [0.717, 1.165) is 6.54 Å². The van der Waals surface area contributed by atoms with Crippen LogP contribution in [0.4, 0.5) is 4.39 Å². The molecule has 144 valence electrons. The lowest BCUT2D eigenvalue weighted by Gasteiger charge is -2.45. The van der Waals surface area contributed by atoms with E-state index in [2.05, 4.69) is 21.2 Å². The van der Waals surface area contributed by atoms with Crippen LogP contribution in [0.25, 0.3) is 0 Å². The van der Waals surface area contributed by atoms with Gasteiger partial charge in [-0.1, -0.05) is 6.42 Å². The Morgan fingerprint density at radius 3 is 2.54 bits per heavy atom. The zero-order chi connectivity index (χ0) is 18.4. The summed E-state index contributed by atoms with van der Waals surface area (Å²) in [6.45, 7) is 3.15. The molecule has 1 aliphatic heterocycles. The number of carbonyl (C=O) groups is 1. The van der Waals surface area contributed by atoms with E-state index in [0.29, 0.717) is 10.2 Å². The largest absolute Gasteiger partial charge is 0.483 e. The molecule has 0 bridgehead atoms. The van der Waals surface area contributed by atoms with Crippen LogP contribution in [0, 0.1) is 5.82 Å². The molecule has 0 radical (unpaired) electrons. The number of piperidine rings is 1. The zero-order valence-corrected chi connectivity index (χ0v) is 16.9. The highest BCUT2D eigenvalue weighted by molar-refractivity contribution is 9.10. The van der Waals surface area contributed by atoms with Gasteiger partial charge in [0.15, 0.2) is 6.61 Å². The SMILES string of the molecule is O=C(COc1ccc(F)cc1Br)NCC1([NH+]2CCCCC2)CCCCC1. The van der Waals surface area contributed by atoms with Gasteiger partial charge in [-0.15, -0.1) is 0 Å². The van der Waals surface area contributed by atoms with E-state index in [1.165, 1.54) is 82.7 Å². The normalized spacial score (nSPS) is 20.5. The summed E-state index contributed by atoms with van der Waals surface area (Å²) < 4.78 is 19.2. The summed E-state index contributed by atoms with van der Waals surface area (Å²) in [4.78, 5) is 14.0. The number of hydrogen-bond acceptors (Lipinski definition) is 2. The summed E-state index contributed by atoms with van der Waals surface area (Å²) in [5, 5.41) is 3.12. The molecule has 0 atom stereocenters. The van der Waals surface area contributed by atoms with Gasteiger partial charge in [0.2, 0.25) is 0 Å². The first-order valence-electron chi connectivity index (χ1n) is 9.79. The third kappa shape index (κ3) is 4.97. The molecule has 26 heavy (non-hydrogen) atoms. The third-order valence-corrected chi connectivity index (χ3v) is 6.51. The summed E-state index contributed by atoms with van der Waals surface area (Å²) in [6.07, 6.45) is 10.2. The van der Waals surface area contributed by atoms with Gasteiger partial charge in [-0.2, -0.15) is 0 Å². The second-order valence-corrected chi connectivity index (χ2v) is 8.50. The molecule has 1 aromatic carbocycles. The standard InChI is InChI=1S/C20H28BrFN2O2/c21-17-13-16(22)7-8-18(17)26-14-19(25)23-15-20(9-3-1-4-10-20)24-11-5-2-6-12-24/h7-8,13H,1-6,9-12,14-15H2,(H,23,25)/p+1. The second-order valence-electron chi connectivity index (χ2n) is 7.65. The number of benzene rings is 1. The van der Waals surface area contributed by atoms with Crippen molar-refractivity contribution in [3.05, 3.63) is 28.5 Å². The molecule has 1 saturated carbocycles. The lowest BCUT2D eigenvalue weighted by atomic mass is 9.79. The number of amides is 1. The van der Waals surface area contributed by atoms with Crippen molar-refractivity contribution < 1.29 is 18.8 Å². The molecule has 0 unspecified atom stereocenters. The molecule has 6 heteroatoms. The van der Waals surface area contributed by atoms with Crippen LogP contribution in [0.15, 0.2) is 22.7 Å². The van der Waals surface area contributed by atoms with E-state index in [-0.39, 0.29) is 23.9 Å². The molecule has 2 aliphatic rings. The van der Waals surface area contributed by atoms with Gasteiger partial charge in [0, 0.05) is 12.8 Å². The summed E-state index contributed by atoms with van der Waals surface area (Å²) in [7, 11) is 0. The van der Waals surface area contributed by atoms with Crippen molar-refractivity contribution in [2.45, 2.75) is 56.9 Å². The van der Waals surface area contributed by atoms with E-state index >= 15 is 0 Å². The summed E-state index contributed by atoms with van der Waals surface area (Å²) >= 11 is 3.26. The highest BCUT2D eigenvalue weighted by Gasteiger charge is 2.42. The van der Waals surface area contributed by atoms with Crippen molar-refractivity contribution in [3.63, 3.8) is 0 Å². The van der Waals surface area contributed by atoms with Crippen LogP contribution < -0.4 is 15.0 Å². The van der Waals surface area contributed by atoms with Gasteiger partial charge in [-0.3, -0.25) is 4.79 Å². The molecular formula is C20H29BrFN2O2+. The minimum atomic E-state index is -0.336. The number of nitrogens with one attached hydrogen (secondary N) is 2. The molecule has 1 heterocycles. The molecule has 1 amide bonds. The number of carbonyl (C=O) groups excluding carboxylic acids is 1. The number of likely N-dealkylation sites (tertiary alicyclic amines) is 1. The fourth-order valence-corrected chi connectivity index (χ4v) is 4.91. The third-order valence-electron chi connectivity index (χ3n) is 5.89. The minimum Gasteiger partial charge on any atom is -0.483 e. The number of halogens is 2. The van der Waals surface area contributed by atoms with E-state index in [1.807, 2.05) is 0 Å². The molecule has 3 rings (SSSR count). The van der Waals surface area contributed by atoms with Crippen LogP contribution in [0.3, 0.4) is 0 Å². The van der Waals surface area contributed by atoms with Crippen LogP contribution in [0.5, 0.6) is 5.75 Å². The lowest BCUT2D eigenvalue weighted by molar-refractivity contribution is -0.957. The van der Waals surface area contributed by atoms with Crippen LogP contribution in [-0.4, -0.2) is 37.7 Å². The maximum absolute atomic E-state index is 13.1. The Hall–Kier alpha value is -1.14. The molecule has 1 saturated heterocycles. The van der Waals surface area contributed by atoms with Gasteiger partial charge >= 0.3 is 0 Å². The van der Waals surface area contributed by atoms with Crippen molar-refractivity contribution in [1.82, 2.24) is 5.32 Å². The van der Waals surface area contributed by atoms with Gasteiger partial charge in [0.05, 0.1) is 24.1 Å². The summed E-state index contributed by atoms with van der Waals surface area (Å²) in [6, 6.07) is 4.20. The number of ether oxygens (including phenoxy) is 1. The van der Waals surface area contributed by atoms with Crippen molar-refractivity contribution >= 4 is 21.8 Å². The average Bonchev–Trinajstić information content (AvgIpc) is 2.67. The minimum absolute atomic E-state index is 0.0460. The zero-order valence-electron chi connectivity index (χ0n) is 15.3. The highest BCUT2D eigenvalue weighted by atomic mass is 79.9. The summed E-state index contributed by atoms with van der Waals surface area (Å²) in [5.41, 5.74) is 0.199. The molecule has 2 N–H and O–H groups in total. The fraction of sp³-hybridized carbons (Fsp3) is 0.650. The Labute approximate surface area is 163 Å². The van der Waals surface area contributed by atoms with Crippen molar-refractivity contribution in [2.24, 2.45) is 0 Å². The number of quaternary nitrogens is 1. The van der Waals surface area contributed by atoms with E-state index in [9.17, 15) is 9.18 Å². The Kier molecular flexibility index (Phi) is 6.92. The first-order valence-corrected chi connectivity index (χ1v) is 10.6. The Bertz CT molecular complexity index is 614. The lowest BCUT2D eigenvalue weighted by Crippen LogP contribution is -3.22. The molecular weight excluding hydrogens is 399 g/mol. The van der Waals surface area contributed by atoms with Crippen LogP contribution in [0.1, 0.15) is 51.4 Å². The first-order chi connectivity index (χ1) is 12.6. The molecule has 4 nitrogen and oxygen atoms in total. The number of hydrogen-bond donors (Lipinski definition) is 2. The Morgan fingerprint density at radius 2 is 1.85 bits per heavy atom. The number of rotatable bonds is 6. The van der Waals surface area contributed by atoms with Gasteiger partial charge < -0.3 is 15.0 Å². The van der Waals surface area contributed by atoms with Gasteiger partial charge in [-0.25, -0.2) is 4.39 Å². The van der Waals surface area contributed by atoms with Gasteiger partial charge in [0.25, 0.3) is 5.91 Å². The first kappa shape index (κ1) is 19.6. The van der Waals surface area contributed by atoms with E-state index in [4.69, 9.17) is 4.74 Å². The average molecular weight is 428 g/mol. The van der Waals surface area contributed by atoms with Crippen molar-refractivity contribution in [1.29, 1.82) is 0 Å². The molecule has 2 fully saturated rings. The molecule has 0 spiro atoms. The highest BCUT2D eigenvalue weighted by Crippen LogP contribution is 2.27. The van der Waals surface area contributed by atoms with Crippen molar-refractivity contribution in [3.8, 4) is 5.75 Å². The smallest absolute Gasteiger partial charge is 0.258 e. The quantitative estimate of drug-likeness (QED) is 0.732. The fourth-order valence-electron chi connectivity index (χ4n) is 4.45. The van der Waals surface area contributed by atoms with Crippen LogP contribution in [-0.2, 0) is 4.79 Å². The Morgan fingerprint density at radius 1 is 1.15 bits per heavy atom. The predicted octanol–water partition coefficient (Wildman–Crippen LogP) is 2.85. The van der Waals surface area contributed by atoms with E-state index in [1.54, 1.807) is 4.90 Å². The summed E-state index contributed by atoms with van der Waals surface area (Å²) in [5.74, 6) is 0.0376. The predicted molar refractivity (Wildman–Crippen MR) is 103 cm³/mol. The van der Waals surface area contributed by atoms with Gasteiger partial charge in [-0.05, 0) is 66.2 Å². The Balaban J connectivity index is 1.53. The van der Waals surface area contributed by atoms with Crippen LogP contribution in [0.2, 0.25) is 0 Å². The molecule has 1 aliphatic carbocycles. The topological polar surface area (TPSA) is 42.8 Å². The van der Waals surface area contributed by atoms with Crippen LogP contribution >= 0.6 is 15.9 Å². The van der Waals surface area contributed by atoms with E-state index < -0.39 is 0 Å². The maximum atomic E-state index is 13.1.